The molecule has 0 spiro atoms. The molecule has 2 rings (SSSR count). The Morgan fingerprint density at radius 1 is 1.10 bits per heavy atom. The normalized spacial score (nSPS) is 12.1. The number of benzene rings is 2. The van der Waals surface area contributed by atoms with Crippen LogP contribution in [-0.4, -0.2) is 14.2 Å². The highest BCUT2D eigenvalue weighted by Gasteiger charge is 2.18. The van der Waals surface area contributed by atoms with Crippen molar-refractivity contribution in [3.63, 3.8) is 0 Å². The fraction of sp³-hybridized carbons (Fsp3) is 0.250. The van der Waals surface area contributed by atoms with Crippen LogP contribution in [0.3, 0.4) is 0 Å². The van der Waals surface area contributed by atoms with Gasteiger partial charge in [-0.1, -0.05) is 23.7 Å². The summed E-state index contributed by atoms with van der Waals surface area (Å²) in [5.41, 5.74) is 8.16. The van der Waals surface area contributed by atoms with E-state index in [2.05, 4.69) is 0 Å². The summed E-state index contributed by atoms with van der Waals surface area (Å²) in [6, 6.07) is 7.62. The molecular formula is C16H17ClFNO2. The monoisotopic (exact) mass is 309 g/mol. The third-order valence-electron chi connectivity index (χ3n) is 3.39. The van der Waals surface area contributed by atoms with Gasteiger partial charge in [-0.05, 0) is 30.2 Å². The fourth-order valence-electron chi connectivity index (χ4n) is 2.09. The van der Waals surface area contributed by atoms with Crippen molar-refractivity contribution in [1.82, 2.24) is 0 Å². The Morgan fingerprint density at radius 3 is 2.29 bits per heavy atom. The quantitative estimate of drug-likeness (QED) is 0.933. The average Bonchev–Trinajstić information content (AvgIpc) is 2.49. The predicted molar refractivity (Wildman–Crippen MR) is 81.7 cm³/mol. The van der Waals surface area contributed by atoms with Crippen molar-refractivity contribution in [3.05, 3.63) is 57.9 Å². The molecule has 0 saturated heterocycles. The summed E-state index contributed by atoms with van der Waals surface area (Å²) in [4.78, 5) is 0. The molecule has 0 radical (unpaired) electrons. The van der Waals surface area contributed by atoms with Gasteiger partial charge in [0.2, 0.25) is 0 Å². The maximum absolute atomic E-state index is 14.2. The van der Waals surface area contributed by atoms with E-state index in [9.17, 15) is 4.39 Å². The first-order chi connectivity index (χ1) is 9.97. The van der Waals surface area contributed by atoms with E-state index in [1.807, 2.05) is 19.1 Å². The van der Waals surface area contributed by atoms with Gasteiger partial charge in [-0.3, -0.25) is 0 Å². The highest BCUT2D eigenvalue weighted by molar-refractivity contribution is 6.31. The van der Waals surface area contributed by atoms with Crippen LogP contribution in [0.1, 0.15) is 22.7 Å². The van der Waals surface area contributed by atoms with E-state index in [1.165, 1.54) is 20.3 Å². The zero-order valence-electron chi connectivity index (χ0n) is 12.1. The van der Waals surface area contributed by atoms with Crippen molar-refractivity contribution in [2.75, 3.05) is 14.2 Å². The molecular weight excluding hydrogens is 293 g/mol. The molecule has 0 heterocycles. The molecule has 0 aliphatic carbocycles. The number of rotatable bonds is 4. The highest BCUT2D eigenvalue weighted by Crippen LogP contribution is 2.34. The molecule has 1 atom stereocenters. The molecule has 0 saturated carbocycles. The van der Waals surface area contributed by atoms with E-state index in [-0.39, 0.29) is 0 Å². The molecule has 0 aromatic heterocycles. The van der Waals surface area contributed by atoms with Gasteiger partial charge in [0.1, 0.15) is 5.82 Å². The largest absolute Gasteiger partial charge is 0.493 e. The van der Waals surface area contributed by atoms with Crippen LogP contribution >= 0.6 is 11.6 Å². The van der Waals surface area contributed by atoms with Crippen LogP contribution in [0.2, 0.25) is 5.02 Å². The Hall–Kier alpha value is -1.78. The Morgan fingerprint density at radius 2 is 1.71 bits per heavy atom. The van der Waals surface area contributed by atoms with Crippen molar-refractivity contribution >= 4 is 11.6 Å². The fourth-order valence-corrected chi connectivity index (χ4v) is 2.28. The summed E-state index contributed by atoms with van der Waals surface area (Å²) in [6.07, 6.45) is 0. The molecule has 2 aromatic rings. The molecule has 0 fully saturated rings. The maximum atomic E-state index is 14.2. The van der Waals surface area contributed by atoms with Gasteiger partial charge in [-0.15, -0.1) is 0 Å². The third-order valence-corrected chi connectivity index (χ3v) is 3.80. The standard InChI is InChI=1S/C16H17ClFNO2/c1-9-4-5-10(6-12(9)17)16(19)11-7-14(20-2)15(21-3)8-13(11)18/h4-8,16H,19H2,1-3H3. The van der Waals surface area contributed by atoms with Crippen molar-refractivity contribution < 1.29 is 13.9 Å². The number of nitrogens with two attached hydrogens (primary N) is 1. The van der Waals surface area contributed by atoms with Gasteiger partial charge in [0, 0.05) is 16.7 Å². The van der Waals surface area contributed by atoms with Gasteiger partial charge in [0.25, 0.3) is 0 Å². The van der Waals surface area contributed by atoms with Gasteiger partial charge in [-0.25, -0.2) is 4.39 Å². The van der Waals surface area contributed by atoms with Crippen LogP contribution in [0.5, 0.6) is 11.5 Å². The molecule has 2 N–H and O–H groups in total. The van der Waals surface area contributed by atoms with Crippen molar-refractivity contribution in [2.45, 2.75) is 13.0 Å². The summed E-state index contributed by atoms with van der Waals surface area (Å²) in [5.74, 6) is 0.312. The Kier molecular flexibility index (Phi) is 4.70. The Labute approximate surface area is 128 Å². The number of hydrogen-bond acceptors (Lipinski definition) is 3. The van der Waals surface area contributed by atoms with Crippen LogP contribution in [0.25, 0.3) is 0 Å². The Bertz CT molecular complexity index is 661. The summed E-state index contributed by atoms with van der Waals surface area (Å²) in [7, 11) is 2.95. The number of hydrogen-bond donors (Lipinski definition) is 1. The van der Waals surface area contributed by atoms with E-state index in [1.54, 1.807) is 12.1 Å². The highest BCUT2D eigenvalue weighted by atomic mass is 35.5. The number of methoxy groups -OCH3 is 2. The molecule has 1 unspecified atom stereocenters. The lowest BCUT2D eigenvalue weighted by atomic mass is 9.97. The van der Waals surface area contributed by atoms with E-state index >= 15 is 0 Å². The van der Waals surface area contributed by atoms with E-state index in [0.29, 0.717) is 22.1 Å². The minimum absolute atomic E-state index is 0.326. The number of halogens is 2. The van der Waals surface area contributed by atoms with Crippen molar-refractivity contribution in [3.8, 4) is 11.5 Å². The minimum Gasteiger partial charge on any atom is -0.493 e. The van der Waals surface area contributed by atoms with Gasteiger partial charge >= 0.3 is 0 Å². The summed E-state index contributed by atoms with van der Waals surface area (Å²) >= 11 is 6.10. The summed E-state index contributed by atoms with van der Waals surface area (Å²) in [6.45, 7) is 1.90. The lowest BCUT2D eigenvalue weighted by Crippen LogP contribution is -2.14. The van der Waals surface area contributed by atoms with Crippen LogP contribution in [0.4, 0.5) is 4.39 Å². The minimum atomic E-state index is -0.636. The number of ether oxygens (including phenoxy) is 2. The van der Waals surface area contributed by atoms with Gasteiger partial charge in [0.05, 0.1) is 20.3 Å². The first kappa shape index (κ1) is 15.6. The van der Waals surface area contributed by atoms with E-state index < -0.39 is 11.9 Å². The third kappa shape index (κ3) is 3.12. The molecule has 0 bridgehead atoms. The first-order valence-corrected chi connectivity index (χ1v) is 6.78. The van der Waals surface area contributed by atoms with Gasteiger partial charge < -0.3 is 15.2 Å². The summed E-state index contributed by atoms with van der Waals surface area (Å²) in [5, 5.41) is 0.601. The average molecular weight is 310 g/mol. The van der Waals surface area contributed by atoms with Crippen molar-refractivity contribution in [1.29, 1.82) is 0 Å². The van der Waals surface area contributed by atoms with Crippen LogP contribution in [-0.2, 0) is 0 Å². The molecule has 3 nitrogen and oxygen atoms in total. The predicted octanol–water partition coefficient (Wildman–Crippen LogP) is 3.85. The first-order valence-electron chi connectivity index (χ1n) is 6.41. The molecule has 5 heteroatoms. The zero-order chi connectivity index (χ0) is 15.6. The smallest absolute Gasteiger partial charge is 0.163 e. The molecule has 0 aliphatic heterocycles. The van der Waals surface area contributed by atoms with Crippen LogP contribution < -0.4 is 15.2 Å². The lowest BCUT2D eigenvalue weighted by Gasteiger charge is -2.17. The second-order valence-electron chi connectivity index (χ2n) is 4.71. The van der Waals surface area contributed by atoms with E-state index in [0.717, 1.165) is 11.1 Å². The lowest BCUT2D eigenvalue weighted by molar-refractivity contribution is 0.351. The second-order valence-corrected chi connectivity index (χ2v) is 5.12. The molecule has 0 aliphatic rings. The zero-order valence-corrected chi connectivity index (χ0v) is 12.9. The Balaban J connectivity index is 2.47. The van der Waals surface area contributed by atoms with Crippen LogP contribution in [0.15, 0.2) is 30.3 Å². The van der Waals surface area contributed by atoms with Gasteiger partial charge in [0.15, 0.2) is 11.5 Å². The second kappa shape index (κ2) is 6.33. The molecule has 0 amide bonds. The summed E-state index contributed by atoms with van der Waals surface area (Å²) < 4.78 is 24.5. The van der Waals surface area contributed by atoms with Crippen molar-refractivity contribution in [2.24, 2.45) is 5.73 Å². The van der Waals surface area contributed by atoms with Gasteiger partial charge in [-0.2, -0.15) is 0 Å². The topological polar surface area (TPSA) is 44.5 Å². The molecule has 112 valence electrons. The van der Waals surface area contributed by atoms with Crippen LogP contribution in [0, 0.1) is 12.7 Å². The van der Waals surface area contributed by atoms with E-state index in [4.69, 9.17) is 26.8 Å². The molecule has 2 aromatic carbocycles. The SMILES string of the molecule is COc1cc(F)c(C(N)c2ccc(C)c(Cl)c2)cc1OC. The number of aryl methyl sites for hydroxylation is 1. The molecule has 21 heavy (non-hydrogen) atoms. The maximum Gasteiger partial charge on any atom is 0.163 e.